The van der Waals surface area contributed by atoms with E-state index >= 15 is 0 Å². The molecule has 0 aliphatic rings. The topological polar surface area (TPSA) is 65.2 Å². The molecule has 0 saturated heterocycles. The molecule has 100 valence electrons. The Balaban J connectivity index is 2.18. The number of methoxy groups -OCH3 is 1. The maximum atomic E-state index is 13.1. The maximum Gasteiger partial charge on any atom is 0.338 e. The fourth-order valence-corrected chi connectivity index (χ4v) is 1.87. The maximum absolute atomic E-state index is 13.1. The van der Waals surface area contributed by atoms with Gasteiger partial charge < -0.3 is 9.15 Å². The summed E-state index contributed by atoms with van der Waals surface area (Å²) in [6.07, 6.45) is 2.92. The zero-order valence-corrected chi connectivity index (χ0v) is 10.5. The third kappa shape index (κ3) is 2.01. The normalized spacial score (nSPS) is 10.7. The van der Waals surface area contributed by atoms with Crippen molar-refractivity contribution in [2.45, 2.75) is 0 Å². The van der Waals surface area contributed by atoms with Gasteiger partial charge in [0.25, 0.3) is 0 Å². The first kappa shape index (κ1) is 12.3. The number of carbonyl (C=O) groups is 1. The van der Waals surface area contributed by atoms with E-state index in [0.717, 1.165) is 0 Å². The van der Waals surface area contributed by atoms with Crippen LogP contribution < -0.4 is 0 Å². The van der Waals surface area contributed by atoms with Crippen LogP contribution in [0.15, 0.2) is 41.1 Å². The number of ether oxygens (including phenoxy) is 1. The molecule has 2 heterocycles. The van der Waals surface area contributed by atoms with Gasteiger partial charge in [0.1, 0.15) is 11.3 Å². The molecule has 0 unspecified atom stereocenters. The molecular weight excluding hydrogens is 263 g/mol. The Labute approximate surface area is 113 Å². The van der Waals surface area contributed by atoms with Gasteiger partial charge in [0, 0.05) is 18.5 Å². The standard InChI is InChI=1S/C14H9FN2O3/c1-19-14(18)9-4-5-16-7-10(9)13-17-11-6-8(15)2-3-12(11)20-13/h2-7H,1H3. The van der Waals surface area contributed by atoms with E-state index in [0.29, 0.717) is 16.7 Å². The fourth-order valence-electron chi connectivity index (χ4n) is 1.87. The van der Waals surface area contributed by atoms with E-state index in [1.807, 2.05) is 0 Å². The summed E-state index contributed by atoms with van der Waals surface area (Å²) >= 11 is 0. The molecular formula is C14H9FN2O3. The second-order valence-corrected chi connectivity index (χ2v) is 4.04. The predicted octanol–water partition coefficient (Wildman–Crippen LogP) is 2.82. The Morgan fingerprint density at radius 1 is 1.35 bits per heavy atom. The molecule has 3 aromatic rings. The molecule has 0 N–H and O–H groups in total. The van der Waals surface area contributed by atoms with E-state index in [1.54, 1.807) is 0 Å². The van der Waals surface area contributed by atoms with Crippen molar-refractivity contribution in [3.05, 3.63) is 48.0 Å². The van der Waals surface area contributed by atoms with Gasteiger partial charge in [-0.15, -0.1) is 0 Å². The molecule has 0 amide bonds. The van der Waals surface area contributed by atoms with Gasteiger partial charge in [-0.1, -0.05) is 0 Å². The van der Waals surface area contributed by atoms with Crippen molar-refractivity contribution in [1.82, 2.24) is 9.97 Å². The number of hydrogen-bond donors (Lipinski definition) is 0. The molecule has 2 aromatic heterocycles. The largest absolute Gasteiger partial charge is 0.465 e. The summed E-state index contributed by atoms with van der Waals surface area (Å²) < 4.78 is 23.4. The number of benzene rings is 1. The molecule has 0 radical (unpaired) electrons. The van der Waals surface area contributed by atoms with Crippen LogP contribution in [0.1, 0.15) is 10.4 Å². The summed E-state index contributed by atoms with van der Waals surface area (Å²) in [5.74, 6) is -0.730. The van der Waals surface area contributed by atoms with Crippen molar-refractivity contribution in [3.8, 4) is 11.5 Å². The highest BCUT2D eigenvalue weighted by Gasteiger charge is 2.18. The summed E-state index contributed by atoms with van der Waals surface area (Å²) in [4.78, 5) is 19.8. The number of pyridine rings is 1. The molecule has 1 aromatic carbocycles. The zero-order valence-electron chi connectivity index (χ0n) is 10.5. The molecule has 0 atom stereocenters. The smallest absolute Gasteiger partial charge is 0.338 e. The van der Waals surface area contributed by atoms with Crippen LogP contribution in [-0.4, -0.2) is 23.0 Å². The first-order valence-electron chi connectivity index (χ1n) is 5.78. The number of oxazole rings is 1. The Bertz CT molecular complexity index is 798. The van der Waals surface area contributed by atoms with Gasteiger partial charge in [-0.3, -0.25) is 4.98 Å². The SMILES string of the molecule is COC(=O)c1ccncc1-c1nc2cc(F)ccc2o1. The fraction of sp³-hybridized carbons (Fsp3) is 0.0714. The highest BCUT2D eigenvalue weighted by Crippen LogP contribution is 2.27. The number of fused-ring (bicyclic) bond motifs is 1. The first-order valence-corrected chi connectivity index (χ1v) is 5.78. The van der Waals surface area contributed by atoms with Crippen molar-refractivity contribution in [2.75, 3.05) is 7.11 Å². The lowest BCUT2D eigenvalue weighted by Gasteiger charge is -2.02. The van der Waals surface area contributed by atoms with E-state index in [2.05, 4.69) is 9.97 Å². The minimum Gasteiger partial charge on any atom is -0.465 e. The minimum absolute atomic E-state index is 0.194. The average molecular weight is 272 g/mol. The van der Waals surface area contributed by atoms with Gasteiger partial charge in [0.05, 0.1) is 18.2 Å². The summed E-state index contributed by atoms with van der Waals surface area (Å²) in [5, 5.41) is 0. The molecule has 3 rings (SSSR count). The van der Waals surface area contributed by atoms with E-state index in [-0.39, 0.29) is 11.5 Å². The molecule has 20 heavy (non-hydrogen) atoms. The van der Waals surface area contributed by atoms with Crippen LogP contribution in [0.3, 0.4) is 0 Å². The Hall–Kier alpha value is -2.76. The van der Waals surface area contributed by atoms with Crippen molar-refractivity contribution in [2.24, 2.45) is 0 Å². The number of halogens is 1. The van der Waals surface area contributed by atoms with E-state index in [9.17, 15) is 9.18 Å². The van der Waals surface area contributed by atoms with E-state index < -0.39 is 11.8 Å². The zero-order chi connectivity index (χ0) is 14.1. The lowest BCUT2D eigenvalue weighted by Crippen LogP contribution is -2.03. The predicted molar refractivity (Wildman–Crippen MR) is 68.5 cm³/mol. The van der Waals surface area contributed by atoms with Gasteiger partial charge in [0.15, 0.2) is 5.58 Å². The highest BCUT2D eigenvalue weighted by molar-refractivity contribution is 5.96. The Morgan fingerprint density at radius 2 is 2.20 bits per heavy atom. The molecule has 6 heteroatoms. The van der Waals surface area contributed by atoms with Crippen LogP contribution in [0.25, 0.3) is 22.6 Å². The Morgan fingerprint density at radius 3 is 3.00 bits per heavy atom. The highest BCUT2D eigenvalue weighted by atomic mass is 19.1. The number of rotatable bonds is 2. The molecule has 0 spiro atoms. The lowest BCUT2D eigenvalue weighted by molar-refractivity contribution is 0.0601. The number of hydrogen-bond acceptors (Lipinski definition) is 5. The lowest BCUT2D eigenvalue weighted by atomic mass is 10.1. The quantitative estimate of drug-likeness (QED) is 0.671. The van der Waals surface area contributed by atoms with Crippen molar-refractivity contribution in [1.29, 1.82) is 0 Å². The summed E-state index contributed by atoms with van der Waals surface area (Å²) in [6, 6.07) is 5.53. The number of nitrogens with zero attached hydrogens (tertiary/aromatic N) is 2. The van der Waals surface area contributed by atoms with Crippen LogP contribution in [0.4, 0.5) is 4.39 Å². The Kier molecular flexibility index (Phi) is 2.90. The summed E-state index contributed by atoms with van der Waals surface area (Å²) in [5.41, 5.74) is 1.49. The van der Waals surface area contributed by atoms with Crippen LogP contribution >= 0.6 is 0 Å². The number of esters is 1. The molecule has 0 aliphatic heterocycles. The van der Waals surface area contributed by atoms with Crippen LogP contribution in [0.5, 0.6) is 0 Å². The van der Waals surface area contributed by atoms with Crippen LogP contribution in [-0.2, 0) is 4.74 Å². The van der Waals surface area contributed by atoms with Crippen molar-refractivity contribution in [3.63, 3.8) is 0 Å². The molecule has 5 nitrogen and oxygen atoms in total. The van der Waals surface area contributed by atoms with Crippen LogP contribution in [0, 0.1) is 5.82 Å². The number of aromatic nitrogens is 2. The monoisotopic (exact) mass is 272 g/mol. The third-order valence-electron chi connectivity index (χ3n) is 2.81. The van der Waals surface area contributed by atoms with Crippen LogP contribution in [0.2, 0.25) is 0 Å². The first-order chi connectivity index (χ1) is 9.69. The molecule has 0 saturated carbocycles. The minimum atomic E-state index is -0.518. The summed E-state index contributed by atoms with van der Waals surface area (Å²) in [6.45, 7) is 0. The molecule has 0 bridgehead atoms. The van der Waals surface area contributed by atoms with Crippen molar-refractivity contribution < 1.29 is 18.3 Å². The second kappa shape index (κ2) is 4.73. The van der Waals surface area contributed by atoms with Crippen molar-refractivity contribution >= 4 is 17.1 Å². The van der Waals surface area contributed by atoms with Gasteiger partial charge in [-0.25, -0.2) is 14.2 Å². The van der Waals surface area contributed by atoms with Gasteiger partial charge in [-0.2, -0.15) is 0 Å². The molecule has 0 aliphatic carbocycles. The van der Waals surface area contributed by atoms with Gasteiger partial charge in [-0.05, 0) is 18.2 Å². The van der Waals surface area contributed by atoms with E-state index in [4.69, 9.17) is 9.15 Å². The third-order valence-corrected chi connectivity index (χ3v) is 2.81. The number of carbonyl (C=O) groups excluding carboxylic acids is 1. The van der Waals surface area contributed by atoms with Gasteiger partial charge in [0.2, 0.25) is 5.89 Å². The van der Waals surface area contributed by atoms with E-state index in [1.165, 1.54) is 43.8 Å². The summed E-state index contributed by atoms with van der Waals surface area (Å²) in [7, 11) is 1.29. The average Bonchev–Trinajstić information content (AvgIpc) is 2.89. The van der Waals surface area contributed by atoms with Gasteiger partial charge >= 0.3 is 5.97 Å². The molecule has 0 fully saturated rings. The second-order valence-electron chi connectivity index (χ2n) is 4.04.